The third-order valence-corrected chi connectivity index (χ3v) is 6.71. The van der Waals surface area contributed by atoms with Crippen molar-refractivity contribution in [2.24, 2.45) is 0 Å². The summed E-state index contributed by atoms with van der Waals surface area (Å²) in [6, 6.07) is 5.17. The second kappa shape index (κ2) is 11.4. The van der Waals surface area contributed by atoms with E-state index in [0.717, 1.165) is 6.34 Å². The van der Waals surface area contributed by atoms with Gasteiger partial charge in [0, 0.05) is 31.1 Å². The molecule has 2 aromatic rings. The number of amides is 1. The van der Waals surface area contributed by atoms with Crippen LogP contribution in [-0.2, 0) is 23.7 Å². The molecule has 212 valence electrons. The highest BCUT2D eigenvalue weighted by Crippen LogP contribution is 2.41. The molecule has 0 bridgehead atoms. The molecule has 39 heavy (non-hydrogen) atoms. The van der Waals surface area contributed by atoms with Crippen molar-refractivity contribution in [3.05, 3.63) is 63.7 Å². The van der Waals surface area contributed by atoms with Crippen molar-refractivity contribution in [1.29, 1.82) is 10.8 Å². The molecule has 1 aliphatic heterocycles. The van der Waals surface area contributed by atoms with E-state index in [1.54, 1.807) is 36.9 Å². The van der Waals surface area contributed by atoms with E-state index in [1.807, 2.05) is 0 Å². The van der Waals surface area contributed by atoms with Gasteiger partial charge in [0.2, 0.25) is 11.9 Å². The molecule has 2 aromatic carbocycles. The molecule has 0 saturated heterocycles. The molecule has 0 aliphatic carbocycles. The number of hydrogen-bond acceptors (Lipinski definition) is 3. The number of alkyl halides is 6. The van der Waals surface area contributed by atoms with Crippen LogP contribution in [0, 0.1) is 10.8 Å². The molecule has 0 aromatic heterocycles. The maximum atomic E-state index is 13.4. The van der Waals surface area contributed by atoms with Crippen LogP contribution in [0.2, 0.25) is 5.02 Å². The Morgan fingerprint density at radius 1 is 1.10 bits per heavy atom. The topological polar surface area (TPSA) is 74.5 Å². The molecule has 13 heteroatoms. The lowest BCUT2D eigenvalue weighted by Gasteiger charge is -2.35. The van der Waals surface area contributed by atoms with Crippen LogP contribution in [0.5, 0.6) is 0 Å². The minimum absolute atomic E-state index is 0.00811. The predicted octanol–water partition coefficient (Wildman–Crippen LogP) is 7.32. The van der Waals surface area contributed by atoms with Crippen molar-refractivity contribution < 1.29 is 31.1 Å². The fourth-order valence-corrected chi connectivity index (χ4v) is 4.80. The SMILES string of the molecule is CC(=O)N(Cc1cc(C(F)(F)F)cc(C(F)(F)F)c1)C1CCCN(C(=N)N(C=N)C(C)C)c2cc(Cl)ccc21. The Hall–Kier alpha value is -3.28. The van der Waals surface area contributed by atoms with Crippen molar-refractivity contribution in [1.82, 2.24) is 9.80 Å². The molecule has 6 nitrogen and oxygen atoms in total. The van der Waals surface area contributed by atoms with Crippen molar-refractivity contribution >= 4 is 35.5 Å². The largest absolute Gasteiger partial charge is 0.416 e. The van der Waals surface area contributed by atoms with Crippen LogP contribution < -0.4 is 4.90 Å². The summed E-state index contributed by atoms with van der Waals surface area (Å²) < 4.78 is 80.6. The molecule has 1 atom stereocenters. The average molecular weight is 576 g/mol. The van der Waals surface area contributed by atoms with Crippen LogP contribution in [-0.4, -0.2) is 40.6 Å². The molecular formula is C26H28ClF6N5O. The maximum Gasteiger partial charge on any atom is 0.416 e. The Labute approximate surface area is 227 Å². The molecule has 3 rings (SSSR count). The number of rotatable bonds is 5. The normalized spacial score (nSPS) is 16.0. The summed E-state index contributed by atoms with van der Waals surface area (Å²) >= 11 is 6.27. The van der Waals surface area contributed by atoms with Gasteiger partial charge < -0.3 is 14.7 Å². The van der Waals surface area contributed by atoms with E-state index < -0.39 is 42.0 Å². The summed E-state index contributed by atoms with van der Waals surface area (Å²) in [5.41, 5.74) is -2.22. The van der Waals surface area contributed by atoms with Crippen LogP contribution in [0.3, 0.4) is 0 Å². The molecule has 0 radical (unpaired) electrons. The van der Waals surface area contributed by atoms with E-state index in [9.17, 15) is 31.1 Å². The molecule has 0 spiro atoms. The number of carbonyl (C=O) groups is 1. The fraction of sp³-hybridized carbons (Fsp3) is 0.423. The van der Waals surface area contributed by atoms with Crippen LogP contribution >= 0.6 is 11.6 Å². The lowest BCUT2D eigenvalue weighted by molar-refractivity contribution is -0.143. The first kappa shape index (κ1) is 30.3. The molecular weight excluding hydrogens is 548 g/mol. The van der Waals surface area contributed by atoms with E-state index in [0.29, 0.717) is 47.8 Å². The Morgan fingerprint density at radius 3 is 2.18 bits per heavy atom. The van der Waals surface area contributed by atoms with Gasteiger partial charge in [-0.1, -0.05) is 17.7 Å². The van der Waals surface area contributed by atoms with Gasteiger partial charge in [0.05, 0.1) is 29.2 Å². The summed E-state index contributed by atoms with van der Waals surface area (Å²) in [5.74, 6) is -0.551. The number of benzene rings is 2. The number of guanidine groups is 1. The highest BCUT2D eigenvalue weighted by atomic mass is 35.5. The quantitative estimate of drug-likeness (QED) is 0.223. The molecule has 1 aliphatic rings. The van der Waals surface area contributed by atoms with Gasteiger partial charge in [0.15, 0.2) is 0 Å². The molecule has 2 N–H and O–H groups in total. The Kier molecular flexibility index (Phi) is 8.88. The summed E-state index contributed by atoms with van der Waals surface area (Å²) in [7, 11) is 0. The average Bonchev–Trinajstić information content (AvgIpc) is 3.00. The smallest absolute Gasteiger partial charge is 0.331 e. The van der Waals surface area contributed by atoms with Crippen molar-refractivity contribution in [3.8, 4) is 0 Å². The first-order valence-electron chi connectivity index (χ1n) is 12.0. The lowest BCUT2D eigenvalue weighted by atomic mass is 9.98. The van der Waals surface area contributed by atoms with Crippen LogP contribution in [0.15, 0.2) is 36.4 Å². The zero-order valence-corrected chi connectivity index (χ0v) is 22.2. The minimum Gasteiger partial charge on any atom is -0.331 e. The van der Waals surface area contributed by atoms with Gasteiger partial charge >= 0.3 is 12.4 Å². The van der Waals surface area contributed by atoms with Gasteiger partial charge in [-0.25, -0.2) is 0 Å². The number of nitrogens with zero attached hydrogens (tertiary/aromatic N) is 3. The highest BCUT2D eigenvalue weighted by molar-refractivity contribution is 6.31. The fourth-order valence-electron chi connectivity index (χ4n) is 4.64. The maximum absolute atomic E-state index is 13.4. The van der Waals surface area contributed by atoms with E-state index in [1.165, 1.54) is 16.7 Å². The summed E-state index contributed by atoms with van der Waals surface area (Å²) in [6.45, 7) is 4.63. The second-order valence-corrected chi connectivity index (χ2v) is 9.96. The number of carbonyl (C=O) groups excluding carboxylic acids is 1. The Balaban J connectivity index is 2.10. The van der Waals surface area contributed by atoms with E-state index in [2.05, 4.69) is 0 Å². The first-order valence-corrected chi connectivity index (χ1v) is 12.4. The predicted molar refractivity (Wildman–Crippen MR) is 137 cm³/mol. The third-order valence-electron chi connectivity index (χ3n) is 6.48. The van der Waals surface area contributed by atoms with Gasteiger partial charge in [0.1, 0.15) is 0 Å². The second-order valence-electron chi connectivity index (χ2n) is 9.53. The standard InChI is InChI=1S/C26H28ClF6N5O/c1-15(2)38(14-34)24(35)36-8-4-5-22(21-7-6-20(27)12-23(21)36)37(16(3)39)13-17-9-18(25(28,29)30)11-19(10-17)26(31,32)33/h6-7,9-12,14-15,22,34-35H,4-5,8,13H2,1-3H3. The van der Waals surface area contributed by atoms with E-state index >= 15 is 0 Å². The summed E-state index contributed by atoms with van der Waals surface area (Å²) in [4.78, 5) is 17.1. The molecule has 0 fully saturated rings. The molecule has 1 amide bonds. The minimum atomic E-state index is -5.01. The summed E-state index contributed by atoms with van der Waals surface area (Å²) in [6.07, 6.45) is -8.24. The zero-order valence-electron chi connectivity index (χ0n) is 21.4. The van der Waals surface area contributed by atoms with Gasteiger partial charge in [-0.15, -0.1) is 0 Å². The zero-order chi connectivity index (χ0) is 29.3. The monoisotopic (exact) mass is 575 g/mol. The molecule has 1 unspecified atom stereocenters. The van der Waals surface area contributed by atoms with Crippen LogP contribution in [0.1, 0.15) is 61.9 Å². The van der Waals surface area contributed by atoms with Gasteiger partial charge in [-0.2, -0.15) is 26.3 Å². The number of fused-ring (bicyclic) bond motifs is 1. The number of hydrogen-bond donors (Lipinski definition) is 2. The Morgan fingerprint density at radius 2 is 1.69 bits per heavy atom. The van der Waals surface area contributed by atoms with Gasteiger partial charge in [0.25, 0.3) is 0 Å². The first-order chi connectivity index (χ1) is 18.0. The number of anilines is 1. The van der Waals surface area contributed by atoms with Crippen molar-refractivity contribution in [2.45, 2.75) is 64.6 Å². The summed E-state index contributed by atoms with van der Waals surface area (Å²) in [5, 5.41) is 16.8. The van der Waals surface area contributed by atoms with Crippen LogP contribution in [0.4, 0.5) is 32.0 Å². The van der Waals surface area contributed by atoms with E-state index in [-0.39, 0.29) is 23.6 Å². The molecule has 0 saturated carbocycles. The van der Waals surface area contributed by atoms with E-state index in [4.69, 9.17) is 22.4 Å². The highest BCUT2D eigenvalue weighted by Gasteiger charge is 2.38. The van der Waals surface area contributed by atoms with Crippen LogP contribution in [0.25, 0.3) is 0 Å². The van der Waals surface area contributed by atoms with Gasteiger partial charge in [-0.05, 0) is 68.1 Å². The molecule has 1 heterocycles. The van der Waals surface area contributed by atoms with Crippen molar-refractivity contribution in [3.63, 3.8) is 0 Å². The lowest BCUT2D eigenvalue weighted by Crippen LogP contribution is -2.46. The number of nitrogens with one attached hydrogen (secondary N) is 2. The van der Waals surface area contributed by atoms with Gasteiger partial charge in [-0.3, -0.25) is 15.6 Å². The number of halogens is 7. The van der Waals surface area contributed by atoms with Crippen molar-refractivity contribution in [2.75, 3.05) is 11.4 Å². The Bertz CT molecular complexity index is 1210. The third kappa shape index (κ3) is 6.84.